The van der Waals surface area contributed by atoms with Crippen molar-refractivity contribution in [3.05, 3.63) is 71.3 Å². The average Bonchev–Trinajstić information content (AvgIpc) is 3.06. The lowest BCUT2D eigenvalue weighted by molar-refractivity contribution is 0.593. The molecule has 3 heterocycles. The van der Waals surface area contributed by atoms with Crippen molar-refractivity contribution in [1.82, 2.24) is 14.8 Å². The van der Waals surface area contributed by atoms with E-state index in [-0.39, 0.29) is 5.82 Å². The van der Waals surface area contributed by atoms with E-state index in [1.165, 1.54) is 23.4 Å². The summed E-state index contributed by atoms with van der Waals surface area (Å²) in [5, 5.41) is 4.68. The first kappa shape index (κ1) is 13.2. The molecule has 0 saturated heterocycles. The van der Waals surface area contributed by atoms with Crippen LogP contribution >= 0.6 is 0 Å². The van der Waals surface area contributed by atoms with Crippen molar-refractivity contribution in [2.24, 2.45) is 0 Å². The minimum absolute atomic E-state index is 0.188. The lowest BCUT2D eigenvalue weighted by atomic mass is 9.97. The first-order chi connectivity index (χ1) is 10.7. The smallest absolute Gasteiger partial charge is 0.123 e. The Hall–Kier alpha value is -2.49. The van der Waals surface area contributed by atoms with E-state index < -0.39 is 0 Å². The zero-order chi connectivity index (χ0) is 15.1. The molecule has 4 heteroatoms. The lowest BCUT2D eigenvalue weighted by Crippen LogP contribution is -2.03. The van der Waals surface area contributed by atoms with Gasteiger partial charge in [0.25, 0.3) is 0 Å². The molecule has 0 aliphatic carbocycles. The number of fused-ring (bicyclic) bond motifs is 1. The highest BCUT2D eigenvalue weighted by atomic mass is 19.1. The largest absolute Gasteiger partial charge is 0.268 e. The van der Waals surface area contributed by atoms with E-state index in [9.17, 15) is 4.39 Å². The third-order valence-corrected chi connectivity index (χ3v) is 4.20. The minimum atomic E-state index is -0.188. The maximum absolute atomic E-state index is 13.0. The van der Waals surface area contributed by atoms with Crippen LogP contribution in [0.4, 0.5) is 4.39 Å². The molecule has 1 aromatic carbocycles. The molecule has 3 nitrogen and oxygen atoms in total. The van der Waals surface area contributed by atoms with Gasteiger partial charge in [-0.3, -0.25) is 9.67 Å². The Morgan fingerprint density at radius 2 is 1.91 bits per heavy atom. The number of rotatable bonds is 2. The molecule has 1 aliphatic heterocycles. The summed E-state index contributed by atoms with van der Waals surface area (Å²) in [7, 11) is 0. The van der Waals surface area contributed by atoms with Gasteiger partial charge in [-0.05, 0) is 49.2 Å². The van der Waals surface area contributed by atoms with Crippen LogP contribution in [-0.2, 0) is 13.0 Å². The van der Waals surface area contributed by atoms with Crippen molar-refractivity contribution in [1.29, 1.82) is 0 Å². The van der Waals surface area contributed by atoms with Crippen LogP contribution in [0.15, 0.2) is 48.5 Å². The van der Waals surface area contributed by atoms with E-state index in [0.29, 0.717) is 5.92 Å². The van der Waals surface area contributed by atoms with Gasteiger partial charge in [-0.1, -0.05) is 18.2 Å². The maximum Gasteiger partial charge on any atom is 0.123 e. The van der Waals surface area contributed by atoms with Gasteiger partial charge >= 0.3 is 0 Å². The molecule has 3 aromatic rings. The Kier molecular flexibility index (Phi) is 3.03. The number of benzene rings is 1. The van der Waals surface area contributed by atoms with E-state index in [0.717, 1.165) is 30.0 Å². The third-order valence-electron chi connectivity index (χ3n) is 4.20. The minimum Gasteiger partial charge on any atom is -0.268 e. The zero-order valence-electron chi connectivity index (χ0n) is 12.3. The van der Waals surface area contributed by atoms with Gasteiger partial charge in [0.1, 0.15) is 11.5 Å². The molecule has 1 aliphatic rings. The molecule has 110 valence electrons. The van der Waals surface area contributed by atoms with Crippen LogP contribution in [0, 0.1) is 12.7 Å². The second kappa shape index (κ2) is 5.05. The van der Waals surface area contributed by atoms with Crippen LogP contribution in [0.3, 0.4) is 0 Å². The second-order valence-corrected chi connectivity index (χ2v) is 5.82. The molecule has 1 unspecified atom stereocenters. The second-order valence-electron chi connectivity index (χ2n) is 5.82. The van der Waals surface area contributed by atoms with Crippen molar-refractivity contribution in [2.75, 3.05) is 0 Å². The summed E-state index contributed by atoms with van der Waals surface area (Å²) in [6.07, 6.45) is 0.935. The van der Waals surface area contributed by atoms with Crippen LogP contribution in [0.2, 0.25) is 0 Å². The first-order valence-corrected chi connectivity index (χ1v) is 7.45. The molecule has 0 amide bonds. The average molecular weight is 293 g/mol. The van der Waals surface area contributed by atoms with Crippen molar-refractivity contribution in [3.63, 3.8) is 0 Å². The predicted octanol–water partition coefficient (Wildman–Crippen LogP) is 3.73. The van der Waals surface area contributed by atoms with Gasteiger partial charge in [0, 0.05) is 23.9 Å². The molecule has 0 radical (unpaired) electrons. The molecular formula is C18H16FN3. The highest BCUT2D eigenvalue weighted by Gasteiger charge is 2.25. The standard InChI is InChI=1S/C18H16FN3/c1-12-3-2-4-17(20-12)18-10-16-9-14(11-22(16)21-18)13-5-7-15(19)8-6-13/h2-8,10,14H,9,11H2,1H3. The van der Waals surface area contributed by atoms with Gasteiger partial charge in [0.2, 0.25) is 0 Å². The summed E-state index contributed by atoms with van der Waals surface area (Å²) in [4.78, 5) is 4.53. The Morgan fingerprint density at radius 1 is 1.09 bits per heavy atom. The Labute approximate surface area is 128 Å². The molecular weight excluding hydrogens is 277 g/mol. The summed E-state index contributed by atoms with van der Waals surface area (Å²) in [5.41, 5.74) is 5.22. The molecule has 0 N–H and O–H groups in total. The SMILES string of the molecule is Cc1cccc(-c2cc3n(n2)CC(c2ccc(F)cc2)C3)n1. The van der Waals surface area contributed by atoms with Gasteiger partial charge in [-0.2, -0.15) is 5.10 Å². The highest BCUT2D eigenvalue weighted by molar-refractivity contribution is 5.55. The summed E-state index contributed by atoms with van der Waals surface area (Å²) in [6.45, 7) is 2.82. The number of pyridine rings is 1. The van der Waals surface area contributed by atoms with E-state index in [1.807, 2.05) is 41.9 Å². The molecule has 0 fully saturated rings. The molecule has 2 aromatic heterocycles. The van der Waals surface area contributed by atoms with Crippen molar-refractivity contribution in [3.8, 4) is 11.4 Å². The maximum atomic E-state index is 13.0. The van der Waals surface area contributed by atoms with E-state index >= 15 is 0 Å². The molecule has 0 saturated carbocycles. The molecule has 4 rings (SSSR count). The number of hydrogen-bond donors (Lipinski definition) is 0. The van der Waals surface area contributed by atoms with Crippen LogP contribution in [0.1, 0.15) is 22.9 Å². The van der Waals surface area contributed by atoms with E-state index in [1.54, 1.807) is 0 Å². The quantitative estimate of drug-likeness (QED) is 0.720. The number of hydrogen-bond acceptors (Lipinski definition) is 2. The topological polar surface area (TPSA) is 30.7 Å². The van der Waals surface area contributed by atoms with E-state index in [4.69, 9.17) is 0 Å². The fourth-order valence-corrected chi connectivity index (χ4v) is 3.07. The number of nitrogens with zero attached hydrogens (tertiary/aromatic N) is 3. The predicted molar refractivity (Wildman–Crippen MR) is 83.0 cm³/mol. The van der Waals surface area contributed by atoms with Crippen LogP contribution < -0.4 is 0 Å². The number of halogens is 1. The van der Waals surface area contributed by atoms with Gasteiger partial charge in [-0.15, -0.1) is 0 Å². The fraction of sp³-hybridized carbons (Fsp3) is 0.222. The molecule has 1 atom stereocenters. The molecule has 0 bridgehead atoms. The Bertz CT molecular complexity index is 797. The summed E-state index contributed by atoms with van der Waals surface area (Å²) >= 11 is 0. The Morgan fingerprint density at radius 3 is 2.64 bits per heavy atom. The summed E-state index contributed by atoms with van der Waals surface area (Å²) in [5.74, 6) is 0.190. The van der Waals surface area contributed by atoms with Crippen LogP contribution in [-0.4, -0.2) is 14.8 Å². The van der Waals surface area contributed by atoms with Gasteiger partial charge < -0.3 is 0 Å². The van der Waals surface area contributed by atoms with Crippen LogP contribution in [0.25, 0.3) is 11.4 Å². The third kappa shape index (κ3) is 2.30. The summed E-state index contributed by atoms with van der Waals surface area (Å²) < 4.78 is 15.1. The van der Waals surface area contributed by atoms with Gasteiger partial charge in [-0.25, -0.2) is 4.39 Å². The number of aryl methyl sites for hydroxylation is 1. The van der Waals surface area contributed by atoms with Crippen molar-refractivity contribution >= 4 is 0 Å². The monoisotopic (exact) mass is 293 g/mol. The van der Waals surface area contributed by atoms with Crippen molar-refractivity contribution < 1.29 is 4.39 Å². The summed E-state index contributed by atoms with van der Waals surface area (Å²) in [6, 6.07) is 14.9. The Balaban J connectivity index is 1.59. The van der Waals surface area contributed by atoms with Gasteiger partial charge in [0.05, 0.1) is 5.69 Å². The van der Waals surface area contributed by atoms with Crippen LogP contribution in [0.5, 0.6) is 0 Å². The fourth-order valence-electron chi connectivity index (χ4n) is 3.07. The number of aromatic nitrogens is 3. The van der Waals surface area contributed by atoms with Crippen molar-refractivity contribution in [2.45, 2.75) is 25.8 Å². The van der Waals surface area contributed by atoms with Gasteiger partial charge in [0.15, 0.2) is 0 Å². The molecule has 0 spiro atoms. The highest BCUT2D eigenvalue weighted by Crippen LogP contribution is 2.31. The zero-order valence-corrected chi connectivity index (χ0v) is 12.3. The van der Waals surface area contributed by atoms with E-state index in [2.05, 4.69) is 16.1 Å². The lowest BCUT2D eigenvalue weighted by Gasteiger charge is -2.09. The first-order valence-electron chi connectivity index (χ1n) is 7.45. The molecule has 22 heavy (non-hydrogen) atoms. The normalized spacial score (nSPS) is 16.7.